The molecule has 114 heavy (non-hydrogen) atoms. The Kier molecular flexibility index (Phi) is 15.6. The number of benzene rings is 14. The van der Waals surface area contributed by atoms with Crippen LogP contribution in [-0.2, 0) is 27.1 Å². The molecule has 0 fully saturated rings. The molecule has 4 heterocycles. The van der Waals surface area contributed by atoms with Gasteiger partial charge in [0.25, 0.3) is 6.71 Å². The lowest BCUT2D eigenvalue weighted by atomic mass is 9.33. The summed E-state index contributed by atoms with van der Waals surface area (Å²) in [6.45, 7) is 33.4. The minimum absolute atomic E-state index is 0.0111. The van der Waals surface area contributed by atoms with E-state index in [2.05, 4.69) is 302 Å². The number of hydrogen-bond acceptors (Lipinski definition) is 5. The maximum atomic E-state index is 10.3. The first-order chi connectivity index (χ1) is 58.0. The molecule has 14 aromatic carbocycles. The van der Waals surface area contributed by atoms with Crippen molar-refractivity contribution in [2.45, 2.75) is 131 Å². The molecule has 0 saturated heterocycles. The molecule has 2 aromatic heterocycles. The first-order valence-electron chi connectivity index (χ1n) is 43.8. The van der Waals surface area contributed by atoms with Gasteiger partial charge in [0.2, 0.25) is 0 Å². The van der Waals surface area contributed by atoms with Gasteiger partial charge in [-0.15, -0.1) is 0 Å². The summed E-state index contributed by atoms with van der Waals surface area (Å²) in [7, 11) is 0. The smallest absolute Gasteiger partial charge is 0.252 e. The van der Waals surface area contributed by atoms with Crippen molar-refractivity contribution in [2.24, 2.45) is 0 Å². The maximum Gasteiger partial charge on any atom is 0.252 e. The first-order valence-corrected chi connectivity index (χ1v) is 39.8. The van der Waals surface area contributed by atoms with E-state index in [9.17, 15) is 11.0 Å². The molecule has 0 aliphatic carbocycles. The quantitative estimate of drug-likeness (QED) is 0.121. The van der Waals surface area contributed by atoms with Crippen molar-refractivity contribution in [3.05, 3.63) is 343 Å². The van der Waals surface area contributed by atoms with E-state index < -0.39 is 60.5 Å². The summed E-state index contributed by atoms with van der Waals surface area (Å²) >= 11 is 0. The van der Waals surface area contributed by atoms with Crippen molar-refractivity contribution in [3.63, 3.8) is 0 Å². The third kappa shape index (κ3) is 13.2. The Morgan fingerprint density at radius 1 is 0.272 bits per heavy atom. The number of rotatable bonds is 11. The van der Waals surface area contributed by atoms with E-state index in [0.717, 1.165) is 106 Å². The minimum Gasteiger partial charge on any atom is -0.311 e. The summed E-state index contributed by atoms with van der Waals surface area (Å²) < 4.78 is 80.4. The van der Waals surface area contributed by atoms with Gasteiger partial charge in [0.1, 0.15) is 0 Å². The number of fused-ring (bicyclic) bond motifs is 7. The Hall–Kier alpha value is -12.4. The number of para-hydroxylation sites is 2. The van der Waals surface area contributed by atoms with Crippen molar-refractivity contribution in [3.8, 4) is 95.5 Å². The van der Waals surface area contributed by atoms with Crippen LogP contribution in [0, 0.1) is 0 Å². The Labute approximate surface area is 684 Å². The predicted octanol–water partition coefficient (Wildman–Crippen LogP) is 26.9. The SMILES string of the molecule is [2H]c1c([2H])c([2H])c2c(c1[2H])c1c([2H])c([2H])c([2H])c([2H])c1n2-c1cc2c3c(c1)N(c1c(-c4ccccc4)cc(C(C)(C)C)cc1-c1nc(-c4ccccc4)nc(-c4ccccc4)n1)c1cc(-c4cc(C(C)(C)C)cc(C(C)(C)C)c4)ccc1B3c1ccc(-c3cc(C(C)(C)C)cc(C(C)(C)C)c3)cc1N2c1ccc(-c2ccccc2)cc1-c1ccccc1. The molecule has 7 heteroatoms. The Morgan fingerprint density at radius 2 is 0.632 bits per heavy atom. The van der Waals surface area contributed by atoms with Crippen LogP contribution in [0.25, 0.3) is 117 Å². The van der Waals surface area contributed by atoms with Gasteiger partial charge in [-0.05, 0) is 176 Å². The molecule has 0 saturated carbocycles. The molecule has 0 atom stereocenters. The van der Waals surface area contributed by atoms with Gasteiger partial charge in [0.05, 0.1) is 39.1 Å². The monoisotopic (exact) mass is 1480 g/mol. The van der Waals surface area contributed by atoms with Crippen LogP contribution in [0.2, 0.25) is 0 Å². The van der Waals surface area contributed by atoms with Crippen LogP contribution >= 0.6 is 0 Å². The number of hydrogen-bond donors (Lipinski definition) is 0. The Balaban J connectivity index is 1.09. The number of nitrogens with zero attached hydrogens (tertiary/aromatic N) is 6. The Morgan fingerprint density at radius 3 is 1.08 bits per heavy atom. The molecule has 558 valence electrons. The first kappa shape index (κ1) is 64.1. The summed E-state index contributed by atoms with van der Waals surface area (Å²) in [5, 5.41) is -0.0690. The molecule has 0 radical (unpaired) electrons. The van der Waals surface area contributed by atoms with E-state index in [1.807, 2.05) is 78.9 Å². The third-order valence-corrected chi connectivity index (χ3v) is 23.0. The fraction of sp³-hybridized carbons (Fsp3) is 0.187. The zero-order valence-electron chi connectivity index (χ0n) is 75.7. The fourth-order valence-electron chi connectivity index (χ4n) is 16.6. The zero-order valence-corrected chi connectivity index (χ0v) is 67.7. The van der Waals surface area contributed by atoms with Crippen LogP contribution in [0.1, 0.15) is 143 Å². The highest BCUT2D eigenvalue weighted by Crippen LogP contribution is 2.55. The average Bonchev–Trinajstić information content (AvgIpc) is 0.895. The van der Waals surface area contributed by atoms with E-state index in [4.69, 9.17) is 15.0 Å². The molecule has 0 bridgehead atoms. The molecule has 16 aromatic rings. The molecule has 2 aliphatic heterocycles. The molecule has 0 spiro atoms. The molecule has 0 N–H and O–H groups in total. The average molecular weight is 1490 g/mol. The van der Waals surface area contributed by atoms with Crippen LogP contribution in [0.3, 0.4) is 0 Å². The van der Waals surface area contributed by atoms with Gasteiger partial charge in [0.15, 0.2) is 17.5 Å². The summed E-state index contributed by atoms with van der Waals surface area (Å²) in [6.07, 6.45) is 0. The third-order valence-electron chi connectivity index (χ3n) is 23.0. The molecule has 0 amide bonds. The summed E-state index contributed by atoms with van der Waals surface area (Å²) in [4.78, 5) is 21.6. The van der Waals surface area contributed by atoms with Gasteiger partial charge in [-0.1, -0.05) is 358 Å². The maximum absolute atomic E-state index is 10.3. The summed E-state index contributed by atoms with van der Waals surface area (Å²) in [5.41, 5.74) is 24.1. The van der Waals surface area contributed by atoms with Crippen LogP contribution in [0.4, 0.5) is 34.1 Å². The molecular weight excluding hydrogens is 1380 g/mol. The lowest BCUT2D eigenvalue weighted by molar-refractivity contribution is 0.568. The van der Waals surface area contributed by atoms with Crippen molar-refractivity contribution in [1.29, 1.82) is 0 Å². The standard InChI is InChI=1S/C107H97BN6/c1-103(2,3)78-55-76(56-79(62-78)104(4,5)6)74-49-52-89-94(60-74)113(93-54-51-73(68-35-21-16-22-36-68)59-86(93)69-37-23-17-24-38-69)96-66-83(112-91-47-33-31-45-84(91)85-46-32-34-48-92(85)112)67-97-98(96)108(89)90-53-50-75(77-57-80(105(7,8)9)63-81(58-77)106(10,11)12)61-95(90)114(97)99-87(70-39-25-18-26-40-70)64-82(107(13,14)15)65-88(99)102-110-100(71-41-27-19-28-42-71)109-101(111-102)72-43-29-20-30-44-72/h16-67H,1-15H3/i31D,32D,33D,34D,45D,46D,47D,48D. The molecular formula is C107H97BN6. The normalized spacial score (nSPS) is 14.0. The molecule has 18 rings (SSSR count). The van der Waals surface area contributed by atoms with Crippen LogP contribution in [-0.4, -0.2) is 26.2 Å². The summed E-state index contributed by atoms with van der Waals surface area (Å²) in [5.74, 6) is 1.34. The second-order valence-corrected chi connectivity index (χ2v) is 36.0. The van der Waals surface area contributed by atoms with Gasteiger partial charge in [0, 0.05) is 61.3 Å². The van der Waals surface area contributed by atoms with E-state index in [-0.39, 0.29) is 43.5 Å². The number of aromatic nitrogens is 4. The topological polar surface area (TPSA) is 50.1 Å². The van der Waals surface area contributed by atoms with E-state index in [1.165, 1.54) is 22.3 Å². The lowest BCUT2D eigenvalue weighted by Gasteiger charge is -2.46. The zero-order chi connectivity index (χ0) is 85.9. The van der Waals surface area contributed by atoms with E-state index in [0.29, 0.717) is 45.8 Å². The molecule has 6 nitrogen and oxygen atoms in total. The van der Waals surface area contributed by atoms with Gasteiger partial charge >= 0.3 is 0 Å². The Bertz CT molecular complexity index is 6740. The van der Waals surface area contributed by atoms with Crippen LogP contribution < -0.4 is 26.2 Å². The van der Waals surface area contributed by atoms with Gasteiger partial charge in [-0.2, -0.15) is 0 Å². The van der Waals surface area contributed by atoms with E-state index in [1.54, 1.807) is 4.57 Å². The predicted molar refractivity (Wildman–Crippen MR) is 485 cm³/mol. The van der Waals surface area contributed by atoms with Crippen LogP contribution in [0.5, 0.6) is 0 Å². The van der Waals surface area contributed by atoms with Crippen LogP contribution in [0.15, 0.2) is 315 Å². The minimum atomic E-state index is -0.577. The van der Waals surface area contributed by atoms with Crippen molar-refractivity contribution >= 4 is 79.0 Å². The molecule has 0 unspecified atom stereocenters. The fourth-order valence-corrected chi connectivity index (χ4v) is 16.6. The highest BCUT2D eigenvalue weighted by atomic mass is 15.2. The lowest BCUT2D eigenvalue weighted by Crippen LogP contribution is -2.61. The van der Waals surface area contributed by atoms with Crippen molar-refractivity contribution < 1.29 is 11.0 Å². The van der Waals surface area contributed by atoms with E-state index >= 15 is 0 Å². The highest BCUT2D eigenvalue weighted by Gasteiger charge is 2.46. The van der Waals surface area contributed by atoms with Crippen molar-refractivity contribution in [1.82, 2.24) is 19.5 Å². The number of anilines is 6. The summed E-state index contributed by atoms with van der Waals surface area (Å²) in [6, 6.07) is 91.5. The second-order valence-electron chi connectivity index (χ2n) is 36.0. The largest absolute Gasteiger partial charge is 0.311 e. The van der Waals surface area contributed by atoms with Gasteiger partial charge in [-0.25, -0.2) is 15.0 Å². The second kappa shape index (κ2) is 27.7. The van der Waals surface area contributed by atoms with Gasteiger partial charge < -0.3 is 14.4 Å². The van der Waals surface area contributed by atoms with Gasteiger partial charge in [-0.3, -0.25) is 0 Å². The molecule has 2 aliphatic rings. The van der Waals surface area contributed by atoms with Crippen molar-refractivity contribution in [2.75, 3.05) is 9.80 Å². The highest BCUT2D eigenvalue weighted by molar-refractivity contribution is 7.00.